The van der Waals surface area contributed by atoms with Gasteiger partial charge in [-0.3, -0.25) is 4.79 Å². The maximum atomic E-state index is 12.6. The largest absolute Gasteiger partial charge is 0.467 e. The number of nitrogens with one attached hydrogen (secondary N) is 1. The Balaban J connectivity index is 1.47. The fourth-order valence-electron chi connectivity index (χ4n) is 3.09. The Morgan fingerprint density at radius 2 is 2.04 bits per heavy atom. The quantitative estimate of drug-likeness (QED) is 0.694. The van der Waals surface area contributed by atoms with E-state index in [1.54, 1.807) is 23.0 Å². The van der Waals surface area contributed by atoms with Crippen LogP contribution in [0.3, 0.4) is 0 Å². The summed E-state index contributed by atoms with van der Waals surface area (Å²) in [6, 6.07) is 9.34. The van der Waals surface area contributed by atoms with Crippen LogP contribution >= 0.6 is 0 Å². The van der Waals surface area contributed by atoms with Crippen molar-refractivity contribution in [1.82, 2.24) is 30.0 Å². The highest BCUT2D eigenvalue weighted by atomic mass is 16.5. The fraction of sp³-hybridized carbons (Fsp3) is 0.316. The Hall–Kier alpha value is -3.49. The minimum absolute atomic E-state index is 0.185. The van der Waals surface area contributed by atoms with Gasteiger partial charge in [0.2, 0.25) is 5.95 Å². The maximum absolute atomic E-state index is 12.6. The second-order valence-electron chi connectivity index (χ2n) is 6.42. The minimum atomic E-state index is -0.212. The van der Waals surface area contributed by atoms with Crippen molar-refractivity contribution in [2.24, 2.45) is 0 Å². The molecule has 9 heteroatoms. The Labute approximate surface area is 162 Å². The zero-order chi connectivity index (χ0) is 19.3. The standard InChI is InChI=1S/C19H21N7O2/c1-28-19-23-16(22-18(24-19)25-9-2-3-10-25)13-20-17(27)14-6-4-7-15(12-14)26-11-5-8-21-26/h4-8,11-12H,2-3,9-10,13H2,1H3,(H,20,27). The molecule has 2 aromatic heterocycles. The molecule has 1 amide bonds. The summed E-state index contributed by atoms with van der Waals surface area (Å²) in [6.07, 6.45) is 5.76. The molecule has 0 radical (unpaired) electrons. The van der Waals surface area contributed by atoms with Gasteiger partial charge < -0.3 is 15.0 Å². The van der Waals surface area contributed by atoms with Crippen LogP contribution in [0, 0.1) is 0 Å². The van der Waals surface area contributed by atoms with Gasteiger partial charge >= 0.3 is 6.01 Å². The molecule has 28 heavy (non-hydrogen) atoms. The summed E-state index contributed by atoms with van der Waals surface area (Å²) in [6.45, 7) is 2.02. The number of nitrogens with zero attached hydrogens (tertiary/aromatic N) is 6. The van der Waals surface area contributed by atoms with Crippen LogP contribution in [0.25, 0.3) is 5.69 Å². The summed E-state index contributed by atoms with van der Waals surface area (Å²) in [4.78, 5) is 27.7. The summed E-state index contributed by atoms with van der Waals surface area (Å²) in [5.74, 6) is 0.843. The molecule has 1 aliphatic heterocycles. The van der Waals surface area contributed by atoms with E-state index in [9.17, 15) is 4.79 Å². The first kappa shape index (κ1) is 17.9. The van der Waals surface area contributed by atoms with Crippen molar-refractivity contribution in [2.45, 2.75) is 19.4 Å². The van der Waals surface area contributed by atoms with Crippen molar-refractivity contribution in [1.29, 1.82) is 0 Å². The van der Waals surface area contributed by atoms with Gasteiger partial charge in [0.25, 0.3) is 5.91 Å². The normalized spacial score (nSPS) is 13.5. The van der Waals surface area contributed by atoms with E-state index in [2.05, 4.69) is 30.3 Å². The first-order valence-corrected chi connectivity index (χ1v) is 9.15. The molecule has 1 saturated heterocycles. The lowest BCUT2D eigenvalue weighted by atomic mass is 10.2. The lowest BCUT2D eigenvalue weighted by molar-refractivity contribution is 0.0949. The molecule has 4 rings (SSSR count). The molecule has 9 nitrogen and oxygen atoms in total. The Morgan fingerprint density at radius 3 is 2.79 bits per heavy atom. The zero-order valence-corrected chi connectivity index (χ0v) is 15.6. The number of carbonyl (C=O) groups excluding carboxylic acids is 1. The SMILES string of the molecule is COc1nc(CNC(=O)c2cccc(-n3cccn3)c2)nc(N2CCCC2)n1. The van der Waals surface area contributed by atoms with E-state index in [1.165, 1.54) is 7.11 Å². The number of hydrogen-bond acceptors (Lipinski definition) is 7. The summed E-state index contributed by atoms with van der Waals surface area (Å²) >= 11 is 0. The predicted octanol–water partition coefficient (Wildman–Crippen LogP) is 1.60. The fourth-order valence-corrected chi connectivity index (χ4v) is 3.09. The first-order chi connectivity index (χ1) is 13.7. The number of methoxy groups -OCH3 is 1. The van der Waals surface area contributed by atoms with Crippen molar-refractivity contribution in [2.75, 3.05) is 25.1 Å². The van der Waals surface area contributed by atoms with Gasteiger partial charge in [0, 0.05) is 31.0 Å². The monoisotopic (exact) mass is 379 g/mol. The Kier molecular flexibility index (Phi) is 5.14. The molecule has 0 aliphatic carbocycles. The highest BCUT2D eigenvalue weighted by molar-refractivity contribution is 5.94. The third-order valence-corrected chi connectivity index (χ3v) is 4.51. The maximum Gasteiger partial charge on any atom is 0.321 e. The molecular formula is C19H21N7O2. The van der Waals surface area contributed by atoms with Crippen LogP contribution in [-0.2, 0) is 6.54 Å². The van der Waals surface area contributed by atoms with E-state index < -0.39 is 0 Å². The molecule has 0 saturated carbocycles. The summed E-state index contributed by atoms with van der Waals surface area (Å²) in [7, 11) is 1.52. The van der Waals surface area contributed by atoms with Crippen LogP contribution in [0.4, 0.5) is 5.95 Å². The number of rotatable bonds is 6. The summed E-state index contributed by atoms with van der Waals surface area (Å²) in [5.41, 5.74) is 1.35. The predicted molar refractivity (Wildman–Crippen MR) is 103 cm³/mol. The van der Waals surface area contributed by atoms with E-state index in [1.807, 2.05) is 24.4 Å². The zero-order valence-electron chi connectivity index (χ0n) is 15.6. The van der Waals surface area contributed by atoms with Crippen LogP contribution in [0.2, 0.25) is 0 Å². The second kappa shape index (κ2) is 8.03. The number of anilines is 1. The van der Waals surface area contributed by atoms with Crippen LogP contribution in [0.1, 0.15) is 29.0 Å². The molecule has 0 spiro atoms. The van der Waals surface area contributed by atoms with Gasteiger partial charge in [0.1, 0.15) is 0 Å². The van der Waals surface area contributed by atoms with E-state index in [0.717, 1.165) is 31.6 Å². The Morgan fingerprint density at radius 1 is 1.18 bits per heavy atom. The van der Waals surface area contributed by atoms with Gasteiger partial charge in [-0.05, 0) is 37.1 Å². The number of carbonyl (C=O) groups is 1. The number of benzene rings is 1. The smallest absolute Gasteiger partial charge is 0.321 e. The topological polar surface area (TPSA) is 98.1 Å². The highest BCUT2D eigenvalue weighted by Crippen LogP contribution is 2.18. The number of amides is 1. The van der Waals surface area contributed by atoms with Crippen molar-refractivity contribution in [3.05, 3.63) is 54.1 Å². The third kappa shape index (κ3) is 3.93. The van der Waals surface area contributed by atoms with Crippen molar-refractivity contribution in [3.8, 4) is 11.7 Å². The molecule has 144 valence electrons. The van der Waals surface area contributed by atoms with E-state index in [4.69, 9.17) is 4.74 Å². The molecule has 3 heterocycles. The first-order valence-electron chi connectivity index (χ1n) is 9.15. The molecule has 3 aromatic rings. The number of hydrogen-bond donors (Lipinski definition) is 1. The van der Waals surface area contributed by atoms with Crippen LogP contribution in [-0.4, -0.2) is 50.8 Å². The number of aromatic nitrogens is 5. The minimum Gasteiger partial charge on any atom is -0.467 e. The lowest BCUT2D eigenvalue weighted by Gasteiger charge is -2.16. The van der Waals surface area contributed by atoms with Crippen LogP contribution < -0.4 is 15.0 Å². The Bertz CT molecular complexity index is 953. The van der Waals surface area contributed by atoms with Gasteiger partial charge in [-0.15, -0.1) is 0 Å². The van der Waals surface area contributed by atoms with Gasteiger partial charge in [0.05, 0.1) is 19.3 Å². The average molecular weight is 379 g/mol. The van der Waals surface area contributed by atoms with E-state index in [0.29, 0.717) is 17.3 Å². The molecule has 1 N–H and O–H groups in total. The second-order valence-corrected chi connectivity index (χ2v) is 6.42. The van der Waals surface area contributed by atoms with Gasteiger partial charge in [-0.25, -0.2) is 4.68 Å². The lowest BCUT2D eigenvalue weighted by Crippen LogP contribution is -2.26. The van der Waals surface area contributed by atoms with E-state index >= 15 is 0 Å². The summed E-state index contributed by atoms with van der Waals surface area (Å²) in [5, 5.41) is 7.05. The van der Waals surface area contributed by atoms with Gasteiger partial charge in [0.15, 0.2) is 5.82 Å². The van der Waals surface area contributed by atoms with Crippen molar-refractivity contribution < 1.29 is 9.53 Å². The molecule has 1 fully saturated rings. The average Bonchev–Trinajstić information content (AvgIpc) is 3.46. The van der Waals surface area contributed by atoms with Crippen molar-refractivity contribution >= 4 is 11.9 Å². The molecular weight excluding hydrogens is 358 g/mol. The van der Waals surface area contributed by atoms with E-state index in [-0.39, 0.29) is 18.5 Å². The van der Waals surface area contributed by atoms with Crippen LogP contribution in [0.5, 0.6) is 6.01 Å². The molecule has 0 bridgehead atoms. The van der Waals surface area contributed by atoms with Gasteiger partial charge in [-0.1, -0.05) is 6.07 Å². The molecule has 0 unspecified atom stereocenters. The molecule has 0 atom stereocenters. The summed E-state index contributed by atoms with van der Waals surface area (Å²) < 4.78 is 6.90. The molecule has 1 aliphatic rings. The van der Waals surface area contributed by atoms with Gasteiger partial charge in [-0.2, -0.15) is 20.1 Å². The molecule has 1 aromatic carbocycles. The number of ether oxygens (including phenoxy) is 1. The van der Waals surface area contributed by atoms with Crippen LogP contribution in [0.15, 0.2) is 42.7 Å². The van der Waals surface area contributed by atoms with Crippen molar-refractivity contribution in [3.63, 3.8) is 0 Å². The third-order valence-electron chi connectivity index (χ3n) is 4.51. The highest BCUT2D eigenvalue weighted by Gasteiger charge is 2.18.